The summed E-state index contributed by atoms with van der Waals surface area (Å²) in [5.41, 5.74) is 4.22. The van der Waals surface area contributed by atoms with E-state index in [-0.39, 0.29) is 47.0 Å². The first kappa shape index (κ1) is 40.6. The van der Waals surface area contributed by atoms with E-state index in [2.05, 4.69) is 49.7 Å². The van der Waals surface area contributed by atoms with E-state index in [1.807, 2.05) is 17.0 Å². The number of fused-ring (bicyclic) bond motifs is 7. The van der Waals surface area contributed by atoms with Gasteiger partial charge in [-0.15, -0.1) is 0 Å². The van der Waals surface area contributed by atoms with Crippen molar-refractivity contribution in [2.24, 2.45) is 11.8 Å². The minimum absolute atomic E-state index is 0.00848. The van der Waals surface area contributed by atoms with Crippen LogP contribution in [0.2, 0.25) is 0 Å². The van der Waals surface area contributed by atoms with Crippen molar-refractivity contribution in [2.75, 3.05) is 55.6 Å². The molecule has 0 radical (unpaired) electrons. The molecule has 10 rings (SSSR count). The van der Waals surface area contributed by atoms with Crippen LogP contribution < -0.4 is 15.4 Å². The third-order valence-electron chi connectivity index (χ3n) is 15.0. The topological polar surface area (TPSA) is 99.1 Å². The lowest BCUT2D eigenvalue weighted by Crippen LogP contribution is -2.51. The van der Waals surface area contributed by atoms with Crippen molar-refractivity contribution in [1.29, 1.82) is 0 Å². The number of piperazine rings is 1. The number of rotatable bonds is 6. The van der Waals surface area contributed by atoms with E-state index < -0.39 is 23.4 Å². The molecule has 2 saturated carbocycles. The average molecular weight is 896 g/mol. The normalized spacial score (nSPS) is 23.5. The Morgan fingerprint density at radius 2 is 1.44 bits per heavy atom. The van der Waals surface area contributed by atoms with Crippen molar-refractivity contribution in [3.63, 3.8) is 0 Å². The molecule has 6 aliphatic rings. The second-order valence-electron chi connectivity index (χ2n) is 18.5. The molecule has 1 spiro atoms. The smallest absolute Gasteiger partial charge is 0.281 e. The van der Waals surface area contributed by atoms with E-state index in [4.69, 9.17) is 4.98 Å². The van der Waals surface area contributed by atoms with Gasteiger partial charge in [0.1, 0.15) is 17.5 Å². The molecular weight excluding hydrogens is 842 g/mol. The van der Waals surface area contributed by atoms with Crippen molar-refractivity contribution in [3.05, 3.63) is 91.9 Å². The number of likely N-dealkylation sites (tertiary alicyclic amines) is 1. The fourth-order valence-corrected chi connectivity index (χ4v) is 12.3. The van der Waals surface area contributed by atoms with Crippen molar-refractivity contribution in [2.45, 2.75) is 101 Å². The van der Waals surface area contributed by atoms with E-state index in [0.717, 1.165) is 117 Å². The molecule has 320 valence electrons. The Morgan fingerprint density at radius 1 is 0.754 bits per heavy atom. The summed E-state index contributed by atoms with van der Waals surface area (Å²) < 4.78 is 33.6. The van der Waals surface area contributed by atoms with E-state index in [1.54, 1.807) is 4.90 Å². The SMILES string of the molecule is O=C(C1CCC(CN2CCC(c3ccc4c(c3)-n3c(nc(=O)c5c(Br)cccc53)C43CCCCC3)CC2)CC1)N1CCN(c2cc(F)c(N3C(=O)CCCC3=O)cc2F)CC1. The van der Waals surface area contributed by atoms with Crippen LogP contribution in [0.5, 0.6) is 0 Å². The van der Waals surface area contributed by atoms with Crippen LogP contribution in [0.4, 0.5) is 20.2 Å². The number of aromatic nitrogens is 2. The lowest BCUT2D eigenvalue weighted by atomic mass is 9.69. The van der Waals surface area contributed by atoms with Crippen LogP contribution in [0.1, 0.15) is 113 Å². The molecular formula is C48H53BrF2N6O4. The summed E-state index contributed by atoms with van der Waals surface area (Å²) in [4.78, 5) is 63.6. The zero-order valence-corrected chi connectivity index (χ0v) is 36.2. The van der Waals surface area contributed by atoms with Gasteiger partial charge < -0.3 is 14.7 Å². The Hall–Kier alpha value is -4.49. The van der Waals surface area contributed by atoms with Gasteiger partial charge >= 0.3 is 0 Å². The number of amides is 3. The maximum absolute atomic E-state index is 15.3. The summed E-state index contributed by atoms with van der Waals surface area (Å²) in [6, 6.07) is 15.2. The average Bonchev–Trinajstić information content (AvgIpc) is 3.52. The van der Waals surface area contributed by atoms with Gasteiger partial charge in [-0.3, -0.25) is 23.7 Å². The molecule has 3 saturated heterocycles. The van der Waals surface area contributed by atoms with Crippen LogP contribution in [0.15, 0.2) is 57.8 Å². The highest BCUT2D eigenvalue weighted by Crippen LogP contribution is 2.52. The Bertz CT molecular complexity index is 2450. The molecule has 0 N–H and O–H groups in total. The molecule has 4 aromatic rings. The van der Waals surface area contributed by atoms with Gasteiger partial charge in [-0.2, -0.15) is 4.98 Å². The van der Waals surface area contributed by atoms with Crippen molar-refractivity contribution >= 4 is 55.9 Å². The summed E-state index contributed by atoms with van der Waals surface area (Å²) >= 11 is 3.64. The van der Waals surface area contributed by atoms with Crippen molar-refractivity contribution in [3.8, 4) is 5.69 Å². The summed E-state index contributed by atoms with van der Waals surface area (Å²) in [6.07, 6.45) is 12.2. The highest BCUT2D eigenvalue weighted by atomic mass is 79.9. The molecule has 1 aromatic heterocycles. The Morgan fingerprint density at radius 3 is 2.16 bits per heavy atom. The van der Waals surface area contributed by atoms with Crippen LogP contribution in [0, 0.1) is 23.5 Å². The minimum Gasteiger partial charge on any atom is -0.366 e. The molecule has 3 aromatic carbocycles. The van der Waals surface area contributed by atoms with Gasteiger partial charge in [-0.05, 0) is 128 Å². The molecule has 4 aliphatic heterocycles. The standard InChI is InChI=1S/C48H53BrF2N6O4/c49-35-6-4-7-38-44(35)45(60)52-47-48(18-2-1-3-19-48)34-15-14-33(26-39(34)56(38)47)31-16-20-53(21-17-31)29-30-10-12-32(13-11-30)46(61)55-24-22-54(23-25-55)40-27-37(51)41(28-36(40)50)57-42(58)8-5-9-43(57)59/h4,6-7,14-15,26-28,30-32H,1-3,5,8-13,16-25,29H2. The van der Waals surface area contributed by atoms with Gasteiger partial charge in [0.25, 0.3) is 5.56 Å². The van der Waals surface area contributed by atoms with Gasteiger partial charge in [0, 0.05) is 68.1 Å². The quantitative estimate of drug-likeness (QED) is 0.180. The van der Waals surface area contributed by atoms with Crippen LogP contribution in [0.3, 0.4) is 0 Å². The zero-order chi connectivity index (χ0) is 42.0. The van der Waals surface area contributed by atoms with Gasteiger partial charge in [0.2, 0.25) is 17.7 Å². The molecule has 0 unspecified atom stereocenters. The molecule has 13 heteroatoms. The van der Waals surface area contributed by atoms with Crippen LogP contribution in [-0.2, 0) is 19.8 Å². The fraction of sp³-hybridized carbons (Fsp3) is 0.521. The Kier molecular flexibility index (Phi) is 10.9. The predicted molar refractivity (Wildman–Crippen MR) is 234 cm³/mol. The van der Waals surface area contributed by atoms with E-state index >= 15 is 8.78 Å². The third kappa shape index (κ3) is 7.21. The number of benzene rings is 3. The molecule has 61 heavy (non-hydrogen) atoms. The number of nitrogens with zero attached hydrogens (tertiary/aromatic N) is 6. The van der Waals surface area contributed by atoms with Crippen LogP contribution >= 0.6 is 15.9 Å². The molecule has 10 nitrogen and oxygen atoms in total. The number of carbonyl (C=O) groups excluding carboxylic acids is 3. The molecule has 3 amide bonds. The number of piperidine rings is 2. The lowest BCUT2D eigenvalue weighted by Gasteiger charge is -2.40. The Balaban J connectivity index is 0.729. The first-order valence-corrected chi connectivity index (χ1v) is 23.4. The highest BCUT2D eigenvalue weighted by Gasteiger charge is 2.47. The number of hydrogen-bond acceptors (Lipinski definition) is 7. The fourth-order valence-electron chi connectivity index (χ4n) is 11.7. The molecule has 5 heterocycles. The number of imide groups is 1. The molecule has 2 aliphatic carbocycles. The number of anilines is 2. The first-order valence-electron chi connectivity index (χ1n) is 22.6. The monoisotopic (exact) mass is 894 g/mol. The maximum atomic E-state index is 15.3. The predicted octanol–water partition coefficient (Wildman–Crippen LogP) is 8.37. The van der Waals surface area contributed by atoms with Gasteiger partial charge in [0.15, 0.2) is 0 Å². The number of halogens is 3. The van der Waals surface area contributed by atoms with Gasteiger partial charge in [-0.25, -0.2) is 13.7 Å². The molecule has 5 fully saturated rings. The lowest BCUT2D eigenvalue weighted by molar-refractivity contribution is -0.137. The van der Waals surface area contributed by atoms with Gasteiger partial charge in [-0.1, -0.05) is 37.5 Å². The van der Waals surface area contributed by atoms with E-state index in [1.165, 1.54) is 23.2 Å². The number of hydrogen-bond donors (Lipinski definition) is 0. The summed E-state index contributed by atoms with van der Waals surface area (Å²) in [5.74, 6) is -0.412. The number of carbonyl (C=O) groups is 3. The summed E-state index contributed by atoms with van der Waals surface area (Å²) in [5, 5.41) is 0.644. The van der Waals surface area contributed by atoms with Crippen molar-refractivity contribution < 1.29 is 23.2 Å². The second kappa shape index (κ2) is 16.3. The summed E-state index contributed by atoms with van der Waals surface area (Å²) in [7, 11) is 0. The molecule has 0 bridgehead atoms. The minimum atomic E-state index is -0.807. The largest absolute Gasteiger partial charge is 0.366 e. The van der Waals surface area contributed by atoms with E-state index in [0.29, 0.717) is 49.8 Å². The highest BCUT2D eigenvalue weighted by molar-refractivity contribution is 9.10. The van der Waals surface area contributed by atoms with Crippen LogP contribution in [-0.4, -0.2) is 82.9 Å². The van der Waals surface area contributed by atoms with Crippen molar-refractivity contribution in [1.82, 2.24) is 19.4 Å². The first-order chi connectivity index (χ1) is 29.6. The Labute approximate surface area is 363 Å². The summed E-state index contributed by atoms with van der Waals surface area (Å²) in [6.45, 7) is 4.79. The molecule has 0 atom stereocenters. The van der Waals surface area contributed by atoms with E-state index in [9.17, 15) is 19.2 Å². The second-order valence-corrected chi connectivity index (χ2v) is 19.3. The van der Waals surface area contributed by atoms with Crippen LogP contribution in [0.25, 0.3) is 16.6 Å². The third-order valence-corrected chi connectivity index (χ3v) is 15.7. The van der Waals surface area contributed by atoms with Gasteiger partial charge in [0.05, 0.1) is 33.4 Å². The zero-order valence-electron chi connectivity index (χ0n) is 34.7. The maximum Gasteiger partial charge on any atom is 0.281 e.